The molecule has 0 bridgehead atoms. The van der Waals surface area contributed by atoms with Crippen molar-refractivity contribution in [3.8, 4) is 0 Å². The number of piperidine rings is 2. The number of anilines is 2. The molecule has 2 aromatic heterocycles. The number of hydrogen-bond acceptors (Lipinski definition) is 7. The quantitative estimate of drug-likeness (QED) is 0.889. The molecule has 0 spiro atoms. The zero-order valence-electron chi connectivity index (χ0n) is 15.5. The van der Waals surface area contributed by atoms with Gasteiger partial charge in [0.15, 0.2) is 0 Å². The maximum atomic E-state index is 5.82. The fourth-order valence-corrected chi connectivity index (χ4v) is 4.12. The minimum atomic E-state index is 0.368. The first-order valence-corrected chi connectivity index (χ1v) is 9.63. The predicted molar refractivity (Wildman–Crippen MR) is 101 cm³/mol. The monoisotopic (exact) mass is 356 g/mol. The van der Waals surface area contributed by atoms with Crippen molar-refractivity contribution in [3.63, 3.8) is 0 Å². The Labute approximate surface area is 154 Å². The van der Waals surface area contributed by atoms with E-state index in [1.54, 1.807) is 0 Å². The summed E-state index contributed by atoms with van der Waals surface area (Å²) in [5.41, 5.74) is 5.82. The van der Waals surface area contributed by atoms with E-state index >= 15 is 0 Å². The lowest BCUT2D eigenvalue weighted by Gasteiger charge is -2.33. The normalized spacial score (nSPS) is 21.9. The van der Waals surface area contributed by atoms with Crippen LogP contribution < -0.4 is 10.6 Å². The van der Waals surface area contributed by atoms with Gasteiger partial charge in [0, 0.05) is 32.1 Å². The van der Waals surface area contributed by atoms with Crippen LogP contribution in [0.3, 0.4) is 0 Å². The first-order valence-electron chi connectivity index (χ1n) is 9.63. The summed E-state index contributed by atoms with van der Waals surface area (Å²) in [5, 5.41) is 9.06. The summed E-state index contributed by atoms with van der Waals surface area (Å²) in [6.07, 6.45) is 7.73. The van der Waals surface area contributed by atoms with E-state index in [-0.39, 0.29) is 0 Å². The third-order valence-electron chi connectivity index (χ3n) is 5.60. The van der Waals surface area contributed by atoms with E-state index in [0.717, 1.165) is 49.9 Å². The van der Waals surface area contributed by atoms with Crippen LogP contribution in [-0.4, -0.2) is 55.8 Å². The second-order valence-corrected chi connectivity index (χ2v) is 7.46. The Bertz CT molecular complexity index is 737. The van der Waals surface area contributed by atoms with Gasteiger partial charge < -0.3 is 15.2 Å². The van der Waals surface area contributed by atoms with Crippen LogP contribution in [-0.2, 0) is 13.6 Å². The van der Waals surface area contributed by atoms with Crippen LogP contribution in [0.2, 0.25) is 0 Å². The van der Waals surface area contributed by atoms with Crippen molar-refractivity contribution in [2.75, 3.05) is 36.8 Å². The maximum Gasteiger partial charge on any atom is 0.146 e. The highest BCUT2D eigenvalue weighted by molar-refractivity contribution is 5.46. The Hall–Kier alpha value is -2.22. The van der Waals surface area contributed by atoms with Crippen LogP contribution in [0.1, 0.15) is 49.7 Å². The molecule has 2 N–H and O–H groups in total. The topological polar surface area (TPSA) is 89.0 Å². The van der Waals surface area contributed by atoms with E-state index in [4.69, 9.17) is 5.73 Å². The second-order valence-electron chi connectivity index (χ2n) is 7.46. The summed E-state index contributed by atoms with van der Waals surface area (Å²) in [6, 6.07) is 1.85. The SMILES string of the molecule is Cn1c(CN2CCCCC2)nnc1C1CCCN(c2cc(N)ncn2)C1. The molecule has 2 saturated heterocycles. The number of likely N-dealkylation sites (tertiary alicyclic amines) is 1. The molecular formula is C18H28N8. The summed E-state index contributed by atoms with van der Waals surface area (Å²) >= 11 is 0. The van der Waals surface area contributed by atoms with Gasteiger partial charge in [-0.1, -0.05) is 6.42 Å². The molecule has 140 valence electrons. The lowest BCUT2D eigenvalue weighted by Crippen LogP contribution is -2.36. The van der Waals surface area contributed by atoms with Crippen molar-refractivity contribution in [3.05, 3.63) is 24.0 Å². The Balaban J connectivity index is 1.46. The zero-order chi connectivity index (χ0) is 17.9. The van der Waals surface area contributed by atoms with Crippen molar-refractivity contribution in [1.29, 1.82) is 0 Å². The smallest absolute Gasteiger partial charge is 0.146 e. The number of nitrogen functional groups attached to an aromatic ring is 1. The molecule has 0 aromatic carbocycles. The predicted octanol–water partition coefficient (Wildman–Crippen LogP) is 1.56. The lowest BCUT2D eigenvalue weighted by atomic mass is 9.97. The largest absolute Gasteiger partial charge is 0.384 e. The van der Waals surface area contributed by atoms with E-state index in [9.17, 15) is 0 Å². The molecule has 2 aromatic rings. The Kier molecular flexibility index (Phi) is 5.01. The Morgan fingerprint density at radius 2 is 1.92 bits per heavy atom. The van der Waals surface area contributed by atoms with Crippen molar-refractivity contribution in [2.45, 2.75) is 44.6 Å². The highest BCUT2D eigenvalue weighted by Gasteiger charge is 2.27. The third kappa shape index (κ3) is 3.65. The van der Waals surface area contributed by atoms with Crippen LogP contribution >= 0.6 is 0 Å². The van der Waals surface area contributed by atoms with Crippen LogP contribution in [0.15, 0.2) is 12.4 Å². The standard InChI is InChI=1S/C18H28N8/c1-24-17(12-25-7-3-2-4-8-25)22-23-18(24)14-6-5-9-26(11-14)16-10-15(19)20-13-21-16/h10,13-14H,2-9,11-12H2,1H3,(H2,19,20,21). The highest BCUT2D eigenvalue weighted by atomic mass is 15.3. The number of aromatic nitrogens is 5. The maximum absolute atomic E-state index is 5.82. The van der Waals surface area contributed by atoms with Crippen LogP contribution in [0, 0.1) is 0 Å². The van der Waals surface area contributed by atoms with Gasteiger partial charge in [-0.3, -0.25) is 4.90 Å². The Morgan fingerprint density at radius 3 is 2.73 bits per heavy atom. The molecule has 0 aliphatic carbocycles. The first kappa shape index (κ1) is 17.2. The third-order valence-corrected chi connectivity index (χ3v) is 5.60. The van der Waals surface area contributed by atoms with Crippen LogP contribution in [0.25, 0.3) is 0 Å². The van der Waals surface area contributed by atoms with Gasteiger partial charge in [-0.2, -0.15) is 0 Å². The average molecular weight is 356 g/mol. The molecule has 1 unspecified atom stereocenters. The summed E-state index contributed by atoms with van der Waals surface area (Å²) in [4.78, 5) is 13.2. The number of nitrogens with two attached hydrogens (primary N) is 1. The van der Waals surface area contributed by atoms with Gasteiger partial charge in [-0.05, 0) is 38.8 Å². The van der Waals surface area contributed by atoms with Crippen molar-refractivity contribution >= 4 is 11.6 Å². The van der Waals surface area contributed by atoms with Gasteiger partial charge in [-0.25, -0.2) is 9.97 Å². The van der Waals surface area contributed by atoms with Gasteiger partial charge in [0.05, 0.1) is 6.54 Å². The van der Waals surface area contributed by atoms with E-state index < -0.39 is 0 Å². The summed E-state index contributed by atoms with van der Waals surface area (Å²) in [5.74, 6) is 3.94. The fourth-order valence-electron chi connectivity index (χ4n) is 4.12. The van der Waals surface area contributed by atoms with Crippen LogP contribution in [0.5, 0.6) is 0 Å². The minimum absolute atomic E-state index is 0.368. The van der Waals surface area contributed by atoms with E-state index in [1.165, 1.54) is 38.7 Å². The van der Waals surface area contributed by atoms with Crippen molar-refractivity contribution < 1.29 is 0 Å². The van der Waals surface area contributed by atoms with Gasteiger partial charge >= 0.3 is 0 Å². The van der Waals surface area contributed by atoms with E-state index in [2.05, 4.69) is 41.6 Å². The molecule has 2 aliphatic rings. The molecule has 8 nitrogen and oxygen atoms in total. The molecule has 0 saturated carbocycles. The molecule has 4 heterocycles. The van der Waals surface area contributed by atoms with Gasteiger partial charge in [0.25, 0.3) is 0 Å². The summed E-state index contributed by atoms with van der Waals surface area (Å²) in [7, 11) is 2.11. The molecule has 26 heavy (non-hydrogen) atoms. The molecule has 2 aliphatic heterocycles. The highest BCUT2D eigenvalue weighted by Crippen LogP contribution is 2.28. The average Bonchev–Trinajstić information content (AvgIpc) is 3.03. The number of rotatable bonds is 4. The molecular weight excluding hydrogens is 328 g/mol. The van der Waals surface area contributed by atoms with Crippen LogP contribution in [0.4, 0.5) is 11.6 Å². The second kappa shape index (κ2) is 7.57. The van der Waals surface area contributed by atoms with Crippen molar-refractivity contribution in [1.82, 2.24) is 29.6 Å². The van der Waals surface area contributed by atoms with Crippen molar-refractivity contribution in [2.24, 2.45) is 7.05 Å². The van der Waals surface area contributed by atoms with E-state index in [1.807, 2.05) is 6.07 Å². The summed E-state index contributed by atoms with van der Waals surface area (Å²) < 4.78 is 2.21. The molecule has 8 heteroatoms. The lowest BCUT2D eigenvalue weighted by molar-refractivity contribution is 0.213. The van der Waals surface area contributed by atoms with Gasteiger partial charge in [-0.15, -0.1) is 10.2 Å². The minimum Gasteiger partial charge on any atom is -0.384 e. The summed E-state index contributed by atoms with van der Waals surface area (Å²) in [6.45, 7) is 5.14. The zero-order valence-corrected chi connectivity index (χ0v) is 15.5. The van der Waals surface area contributed by atoms with E-state index in [0.29, 0.717) is 11.7 Å². The first-order chi connectivity index (χ1) is 12.7. The number of nitrogens with zero attached hydrogens (tertiary/aromatic N) is 7. The van der Waals surface area contributed by atoms with Gasteiger partial charge in [0.2, 0.25) is 0 Å². The van der Waals surface area contributed by atoms with Gasteiger partial charge in [0.1, 0.15) is 29.6 Å². The molecule has 4 rings (SSSR count). The number of hydrogen-bond donors (Lipinski definition) is 1. The molecule has 1 atom stereocenters. The molecule has 0 radical (unpaired) electrons. The fraction of sp³-hybridized carbons (Fsp3) is 0.667. The Morgan fingerprint density at radius 1 is 1.08 bits per heavy atom. The molecule has 0 amide bonds. The molecule has 2 fully saturated rings.